The molecule has 0 aromatic heterocycles. The predicted molar refractivity (Wildman–Crippen MR) is 52.9 cm³/mol. The number of rotatable bonds is 2. The van der Waals surface area contributed by atoms with Crippen molar-refractivity contribution >= 4 is 17.7 Å². The predicted octanol–water partition coefficient (Wildman–Crippen LogP) is -1.53. The Morgan fingerprint density at radius 3 is 2.93 bits per heavy atom. The van der Waals surface area contributed by atoms with Gasteiger partial charge in [0.25, 0.3) is 0 Å². The molecule has 1 rings (SSSR count). The molecule has 0 atom stereocenters. The van der Waals surface area contributed by atoms with Crippen molar-refractivity contribution in [2.75, 3.05) is 26.2 Å². The van der Waals surface area contributed by atoms with Gasteiger partial charge in [-0.1, -0.05) is 0 Å². The van der Waals surface area contributed by atoms with Crippen LogP contribution in [0.1, 0.15) is 13.3 Å². The zero-order valence-electron chi connectivity index (χ0n) is 8.71. The van der Waals surface area contributed by atoms with Crippen molar-refractivity contribution in [2.45, 2.75) is 13.3 Å². The van der Waals surface area contributed by atoms with E-state index in [-0.39, 0.29) is 30.8 Å². The molecule has 3 amide bonds. The van der Waals surface area contributed by atoms with Gasteiger partial charge < -0.3 is 15.5 Å². The highest BCUT2D eigenvalue weighted by Gasteiger charge is 2.19. The van der Waals surface area contributed by atoms with Gasteiger partial charge in [0.2, 0.25) is 17.7 Å². The monoisotopic (exact) mass is 213 g/mol. The molecule has 1 aliphatic rings. The van der Waals surface area contributed by atoms with Gasteiger partial charge in [0.15, 0.2) is 0 Å². The van der Waals surface area contributed by atoms with E-state index in [0.717, 1.165) is 6.42 Å². The molecular weight excluding hydrogens is 198 g/mol. The van der Waals surface area contributed by atoms with E-state index < -0.39 is 0 Å². The minimum absolute atomic E-state index is 0.0391. The van der Waals surface area contributed by atoms with Gasteiger partial charge in [-0.05, 0) is 6.42 Å². The molecule has 0 radical (unpaired) electrons. The number of nitrogens with one attached hydrogen (secondary N) is 2. The fraction of sp³-hybridized carbons (Fsp3) is 0.667. The molecule has 0 bridgehead atoms. The molecule has 6 nitrogen and oxygen atoms in total. The Kier molecular flexibility index (Phi) is 4.08. The minimum Gasteiger partial charge on any atom is -0.354 e. The average molecular weight is 213 g/mol. The van der Waals surface area contributed by atoms with Gasteiger partial charge in [0.1, 0.15) is 0 Å². The highest BCUT2D eigenvalue weighted by Crippen LogP contribution is 1.96. The van der Waals surface area contributed by atoms with Crippen molar-refractivity contribution in [2.24, 2.45) is 0 Å². The lowest BCUT2D eigenvalue weighted by molar-refractivity contribution is -0.135. The third-order valence-corrected chi connectivity index (χ3v) is 2.10. The Bertz CT molecular complexity index is 278. The van der Waals surface area contributed by atoms with E-state index in [0.29, 0.717) is 13.1 Å². The zero-order chi connectivity index (χ0) is 11.3. The molecule has 0 aromatic carbocycles. The quantitative estimate of drug-likeness (QED) is 0.584. The lowest BCUT2D eigenvalue weighted by atomic mass is 10.4. The van der Waals surface area contributed by atoms with E-state index in [2.05, 4.69) is 10.6 Å². The molecule has 1 aliphatic heterocycles. The van der Waals surface area contributed by atoms with Crippen molar-refractivity contribution in [1.29, 1.82) is 0 Å². The molecule has 1 heterocycles. The highest BCUT2D eigenvalue weighted by atomic mass is 16.2. The fourth-order valence-corrected chi connectivity index (χ4v) is 1.33. The Balaban J connectivity index is 2.42. The molecule has 2 N–H and O–H groups in total. The van der Waals surface area contributed by atoms with Crippen LogP contribution in [0.15, 0.2) is 0 Å². The van der Waals surface area contributed by atoms with Crippen molar-refractivity contribution in [3.05, 3.63) is 0 Å². The summed E-state index contributed by atoms with van der Waals surface area (Å²) in [6.07, 6.45) is 0.748. The molecule has 1 saturated heterocycles. The molecule has 15 heavy (non-hydrogen) atoms. The summed E-state index contributed by atoms with van der Waals surface area (Å²) in [5.41, 5.74) is 0. The Hall–Kier alpha value is -1.59. The fourth-order valence-electron chi connectivity index (χ4n) is 1.33. The third-order valence-electron chi connectivity index (χ3n) is 2.10. The smallest absolute Gasteiger partial charge is 0.242 e. The molecule has 0 unspecified atom stereocenters. The first-order valence-corrected chi connectivity index (χ1v) is 4.88. The summed E-state index contributed by atoms with van der Waals surface area (Å²) >= 11 is 0. The van der Waals surface area contributed by atoms with E-state index in [4.69, 9.17) is 0 Å². The van der Waals surface area contributed by atoms with Gasteiger partial charge in [-0.2, -0.15) is 0 Å². The second kappa shape index (κ2) is 5.33. The van der Waals surface area contributed by atoms with Crippen LogP contribution in [0, 0.1) is 0 Å². The molecule has 0 aliphatic carbocycles. The topological polar surface area (TPSA) is 78.5 Å². The number of hydrogen-bond acceptors (Lipinski definition) is 3. The maximum Gasteiger partial charge on any atom is 0.242 e. The van der Waals surface area contributed by atoms with Gasteiger partial charge in [0, 0.05) is 20.0 Å². The zero-order valence-corrected chi connectivity index (χ0v) is 8.71. The summed E-state index contributed by atoms with van der Waals surface area (Å²) in [4.78, 5) is 34.7. The van der Waals surface area contributed by atoms with Crippen molar-refractivity contribution in [3.63, 3.8) is 0 Å². The van der Waals surface area contributed by atoms with Gasteiger partial charge in [-0.25, -0.2) is 0 Å². The lowest BCUT2D eigenvalue weighted by Gasteiger charge is -2.18. The van der Waals surface area contributed by atoms with Crippen LogP contribution in [0.25, 0.3) is 0 Å². The first kappa shape index (κ1) is 11.5. The van der Waals surface area contributed by atoms with Crippen molar-refractivity contribution in [3.8, 4) is 0 Å². The van der Waals surface area contributed by atoms with Gasteiger partial charge >= 0.3 is 0 Å². The summed E-state index contributed by atoms with van der Waals surface area (Å²) in [6, 6.07) is 0. The molecule has 84 valence electrons. The van der Waals surface area contributed by atoms with Crippen LogP contribution >= 0.6 is 0 Å². The van der Waals surface area contributed by atoms with Crippen LogP contribution < -0.4 is 10.6 Å². The SMILES string of the molecule is CC(=O)NCC(=O)N1CCCNC(=O)C1. The summed E-state index contributed by atoms with van der Waals surface area (Å²) in [6.45, 7) is 2.54. The number of hydrogen-bond donors (Lipinski definition) is 2. The summed E-state index contributed by atoms with van der Waals surface area (Å²) in [5, 5.41) is 5.09. The molecule has 6 heteroatoms. The third kappa shape index (κ3) is 3.97. The van der Waals surface area contributed by atoms with Crippen molar-refractivity contribution in [1.82, 2.24) is 15.5 Å². The van der Waals surface area contributed by atoms with Crippen LogP contribution in [0.3, 0.4) is 0 Å². The lowest BCUT2D eigenvalue weighted by Crippen LogP contribution is -2.42. The van der Waals surface area contributed by atoms with E-state index in [1.807, 2.05) is 0 Å². The van der Waals surface area contributed by atoms with Crippen LogP contribution in [-0.4, -0.2) is 48.8 Å². The molecule has 0 saturated carbocycles. The Morgan fingerprint density at radius 2 is 2.27 bits per heavy atom. The number of carbonyl (C=O) groups is 3. The standard InChI is InChI=1S/C9H15N3O3/c1-7(13)11-5-9(15)12-4-2-3-10-8(14)6-12/h2-6H2,1H3,(H,10,14)(H,11,13). The number of carbonyl (C=O) groups excluding carboxylic acids is 3. The molecule has 1 fully saturated rings. The second-order valence-electron chi connectivity index (χ2n) is 3.43. The van der Waals surface area contributed by atoms with Crippen LogP contribution in [-0.2, 0) is 14.4 Å². The van der Waals surface area contributed by atoms with Gasteiger partial charge in [-0.3, -0.25) is 14.4 Å². The van der Waals surface area contributed by atoms with E-state index in [1.165, 1.54) is 11.8 Å². The average Bonchev–Trinajstić information content (AvgIpc) is 2.39. The normalized spacial score (nSPS) is 16.6. The maximum absolute atomic E-state index is 11.5. The maximum atomic E-state index is 11.5. The van der Waals surface area contributed by atoms with Crippen LogP contribution in [0.2, 0.25) is 0 Å². The largest absolute Gasteiger partial charge is 0.354 e. The summed E-state index contributed by atoms with van der Waals surface area (Å²) < 4.78 is 0. The van der Waals surface area contributed by atoms with E-state index in [1.54, 1.807) is 0 Å². The Labute approximate surface area is 88.0 Å². The first-order chi connectivity index (χ1) is 7.09. The molecule has 0 spiro atoms. The van der Waals surface area contributed by atoms with Crippen molar-refractivity contribution < 1.29 is 14.4 Å². The second-order valence-corrected chi connectivity index (χ2v) is 3.43. The summed E-state index contributed by atoms with van der Waals surface area (Å²) in [5.74, 6) is -0.617. The Morgan fingerprint density at radius 1 is 1.53 bits per heavy atom. The summed E-state index contributed by atoms with van der Waals surface area (Å²) in [7, 11) is 0. The first-order valence-electron chi connectivity index (χ1n) is 4.88. The molecule has 0 aromatic rings. The number of amides is 3. The number of nitrogens with zero attached hydrogens (tertiary/aromatic N) is 1. The van der Waals surface area contributed by atoms with Gasteiger partial charge in [-0.15, -0.1) is 0 Å². The van der Waals surface area contributed by atoms with E-state index >= 15 is 0 Å². The van der Waals surface area contributed by atoms with E-state index in [9.17, 15) is 14.4 Å². The minimum atomic E-state index is -0.248. The van der Waals surface area contributed by atoms with Crippen LogP contribution in [0.4, 0.5) is 0 Å². The molecular formula is C9H15N3O3. The van der Waals surface area contributed by atoms with Gasteiger partial charge in [0.05, 0.1) is 13.1 Å². The highest BCUT2D eigenvalue weighted by molar-refractivity contribution is 5.88. The van der Waals surface area contributed by atoms with Crippen LogP contribution in [0.5, 0.6) is 0 Å².